The number of carbonyl (C=O) groups excluding carboxylic acids is 1. The summed E-state index contributed by atoms with van der Waals surface area (Å²) in [5.41, 5.74) is 7.28. The first-order chi connectivity index (χ1) is 8.10. The molecule has 0 atom stereocenters. The third-order valence-electron chi connectivity index (χ3n) is 3.14. The lowest BCUT2D eigenvalue weighted by atomic mass is 10.1. The molecule has 0 bridgehead atoms. The van der Waals surface area contributed by atoms with Gasteiger partial charge in [0, 0.05) is 10.2 Å². The largest absolute Gasteiger partial charge is 0.398 e. The Morgan fingerprint density at radius 3 is 2.39 bits per heavy atom. The second-order valence-electron chi connectivity index (χ2n) is 4.75. The average Bonchev–Trinajstić information content (AvgIpc) is 2.25. The van der Waals surface area contributed by atoms with Crippen LogP contribution in [0.3, 0.4) is 0 Å². The molecule has 1 aliphatic rings. The van der Waals surface area contributed by atoms with E-state index in [-0.39, 0.29) is 5.69 Å². The number of carbonyl (C=O) groups is 1. The zero-order chi connectivity index (χ0) is 13.9. The third kappa shape index (κ3) is 1.50. The summed E-state index contributed by atoms with van der Waals surface area (Å²) < 4.78 is 24.1. The Hall–Kier alpha value is -1.08. The third-order valence-corrected chi connectivity index (χ3v) is 6.08. The fraction of sp³-hybridized carbons (Fsp3) is 0.364. The van der Waals surface area contributed by atoms with Crippen molar-refractivity contribution < 1.29 is 13.2 Å². The van der Waals surface area contributed by atoms with Gasteiger partial charge in [-0.2, -0.15) is 0 Å². The van der Waals surface area contributed by atoms with Crippen molar-refractivity contribution in [2.75, 3.05) is 10.0 Å². The number of hydrogen-bond donors (Lipinski definition) is 1. The van der Waals surface area contributed by atoms with Crippen LogP contribution in [0.25, 0.3) is 0 Å². The molecular weight excluding hydrogens is 320 g/mol. The van der Waals surface area contributed by atoms with Gasteiger partial charge in [0.05, 0.1) is 5.69 Å². The lowest BCUT2D eigenvalue weighted by Crippen LogP contribution is -2.67. The molecular formula is C11H13BrN2O3S. The van der Waals surface area contributed by atoms with Crippen LogP contribution < -0.4 is 10.0 Å². The first kappa shape index (κ1) is 13.4. The molecule has 18 heavy (non-hydrogen) atoms. The average molecular weight is 333 g/mol. The molecule has 7 heteroatoms. The molecule has 1 aromatic carbocycles. The number of benzene rings is 1. The zero-order valence-corrected chi connectivity index (χ0v) is 12.6. The fourth-order valence-corrected chi connectivity index (χ4v) is 3.97. The number of nitrogens with zero attached hydrogens (tertiary/aromatic N) is 1. The lowest BCUT2D eigenvalue weighted by molar-refractivity contribution is -0.120. The van der Waals surface area contributed by atoms with Gasteiger partial charge in [0.2, 0.25) is 0 Å². The molecule has 2 rings (SSSR count). The van der Waals surface area contributed by atoms with Gasteiger partial charge in [-0.1, -0.05) is 0 Å². The van der Waals surface area contributed by atoms with Gasteiger partial charge in [0.1, 0.15) is 0 Å². The molecule has 1 aliphatic heterocycles. The zero-order valence-electron chi connectivity index (χ0n) is 10.2. The molecule has 0 aliphatic carbocycles. The fourth-order valence-electron chi connectivity index (χ4n) is 1.73. The van der Waals surface area contributed by atoms with Crippen LogP contribution in [0.5, 0.6) is 0 Å². The highest BCUT2D eigenvalue weighted by Crippen LogP contribution is 2.43. The van der Waals surface area contributed by atoms with Crippen molar-refractivity contribution in [1.29, 1.82) is 0 Å². The number of hydrogen-bond acceptors (Lipinski definition) is 4. The molecule has 0 spiro atoms. The SMILES string of the molecule is Cc1cc(Br)c(N2C(=O)C(C)(C)S2(=O)=O)cc1N. The van der Waals surface area contributed by atoms with Gasteiger partial charge in [-0.3, -0.25) is 4.79 Å². The van der Waals surface area contributed by atoms with Gasteiger partial charge in [0.15, 0.2) is 4.75 Å². The van der Waals surface area contributed by atoms with Crippen LogP contribution in [0.2, 0.25) is 0 Å². The van der Waals surface area contributed by atoms with Crippen LogP contribution in [0.4, 0.5) is 11.4 Å². The van der Waals surface area contributed by atoms with Gasteiger partial charge in [-0.05, 0) is 54.4 Å². The number of aryl methyl sites for hydroxylation is 1. The van der Waals surface area contributed by atoms with E-state index in [1.165, 1.54) is 19.9 Å². The molecule has 5 nitrogen and oxygen atoms in total. The van der Waals surface area contributed by atoms with Crippen molar-refractivity contribution in [3.63, 3.8) is 0 Å². The maximum atomic E-state index is 12.1. The molecule has 1 heterocycles. The summed E-state index contributed by atoms with van der Waals surface area (Å²) in [6, 6.07) is 3.18. The molecule has 0 aromatic heterocycles. The van der Waals surface area contributed by atoms with Gasteiger partial charge in [-0.15, -0.1) is 0 Å². The van der Waals surface area contributed by atoms with Crippen molar-refractivity contribution >= 4 is 43.2 Å². The first-order valence-corrected chi connectivity index (χ1v) is 7.49. The van der Waals surface area contributed by atoms with E-state index < -0.39 is 20.7 Å². The molecule has 1 saturated heterocycles. The van der Waals surface area contributed by atoms with E-state index in [4.69, 9.17) is 5.73 Å². The van der Waals surface area contributed by atoms with Crippen molar-refractivity contribution in [2.24, 2.45) is 0 Å². The molecule has 2 N–H and O–H groups in total. The Bertz CT molecular complexity index is 652. The number of rotatable bonds is 1. The van der Waals surface area contributed by atoms with Crippen LogP contribution in [-0.2, 0) is 14.8 Å². The number of nitrogen functional groups attached to an aromatic ring is 1. The van der Waals surface area contributed by atoms with Crippen molar-refractivity contribution in [1.82, 2.24) is 0 Å². The number of nitrogens with two attached hydrogens (primary N) is 1. The van der Waals surface area contributed by atoms with E-state index in [1.54, 1.807) is 13.0 Å². The summed E-state index contributed by atoms with van der Waals surface area (Å²) in [5.74, 6) is -0.452. The molecule has 98 valence electrons. The summed E-state index contributed by atoms with van der Waals surface area (Å²) in [4.78, 5) is 11.9. The minimum absolute atomic E-state index is 0.266. The van der Waals surface area contributed by atoms with Gasteiger partial charge in [0.25, 0.3) is 15.9 Å². The quantitative estimate of drug-likeness (QED) is 0.795. The molecule has 0 saturated carbocycles. The Morgan fingerprint density at radius 1 is 1.33 bits per heavy atom. The van der Waals surface area contributed by atoms with E-state index in [0.29, 0.717) is 10.2 Å². The summed E-state index contributed by atoms with van der Waals surface area (Å²) in [5, 5.41) is 0. The highest BCUT2D eigenvalue weighted by atomic mass is 79.9. The normalized spacial score (nSPS) is 20.7. The highest BCUT2D eigenvalue weighted by molar-refractivity contribution is 9.10. The second-order valence-corrected chi connectivity index (χ2v) is 7.94. The topological polar surface area (TPSA) is 80.5 Å². The van der Waals surface area contributed by atoms with E-state index in [9.17, 15) is 13.2 Å². The van der Waals surface area contributed by atoms with Crippen molar-refractivity contribution in [3.05, 3.63) is 22.2 Å². The smallest absolute Gasteiger partial charge is 0.263 e. The van der Waals surface area contributed by atoms with Crippen LogP contribution in [0, 0.1) is 6.92 Å². The van der Waals surface area contributed by atoms with E-state index in [2.05, 4.69) is 15.9 Å². The summed E-state index contributed by atoms with van der Waals surface area (Å²) in [7, 11) is -3.66. The first-order valence-electron chi connectivity index (χ1n) is 5.25. The summed E-state index contributed by atoms with van der Waals surface area (Å²) in [6.45, 7) is 4.60. The monoisotopic (exact) mass is 332 g/mol. The maximum Gasteiger partial charge on any atom is 0.263 e. The maximum absolute atomic E-state index is 12.1. The predicted octanol–water partition coefficient (Wildman–Crippen LogP) is 1.79. The number of anilines is 2. The number of amides is 1. The molecule has 1 aromatic rings. The van der Waals surface area contributed by atoms with Crippen LogP contribution >= 0.6 is 15.9 Å². The van der Waals surface area contributed by atoms with E-state index >= 15 is 0 Å². The Kier molecular flexibility index (Phi) is 2.75. The lowest BCUT2D eigenvalue weighted by Gasteiger charge is -2.43. The van der Waals surface area contributed by atoms with Gasteiger partial charge >= 0.3 is 0 Å². The van der Waals surface area contributed by atoms with Gasteiger partial charge < -0.3 is 5.73 Å². The van der Waals surface area contributed by atoms with Crippen LogP contribution in [0.1, 0.15) is 19.4 Å². The van der Waals surface area contributed by atoms with E-state index in [1.807, 2.05) is 0 Å². The Balaban J connectivity index is 2.60. The minimum Gasteiger partial charge on any atom is -0.398 e. The van der Waals surface area contributed by atoms with Crippen LogP contribution in [0.15, 0.2) is 16.6 Å². The minimum atomic E-state index is -3.66. The summed E-state index contributed by atoms with van der Waals surface area (Å²) in [6.07, 6.45) is 0. The molecule has 1 amide bonds. The molecule has 1 fully saturated rings. The number of halogens is 1. The van der Waals surface area contributed by atoms with E-state index in [0.717, 1.165) is 9.87 Å². The highest BCUT2D eigenvalue weighted by Gasteiger charge is 2.61. The van der Waals surface area contributed by atoms with Crippen molar-refractivity contribution in [2.45, 2.75) is 25.5 Å². The predicted molar refractivity (Wildman–Crippen MR) is 73.8 cm³/mol. The molecule has 0 radical (unpaired) electrons. The van der Waals surface area contributed by atoms with Crippen LogP contribution in [-0.4, -0.2) is 19.1 Å². The second kappa shape index (κ2) is 3.71. The molecule has 0 unspecified atom stereocenters. The Morgan fingerprint density at radius 2 is 1.89 bits per heavy atom. The summed E-state index contributed by atoms with van der Waals surface area (Å²) >= 11 is 3.26. The van der Waals surface area contributed by atoms with Gasteiger partial charge in [-0.25, -0.2) is 12.7 Å². The van der Waals surface area contributed by atoms with Crippen molar-refractivity contribution in [3.8, 4) is 0 Å². The standard InChI is InChI=1S/C11H13BrN2O3S/c1-6-4-7(12)9(5-8(6)13)14-10(15)11(2,3)18(14,16)17/h4-5H,13H2,1-3H3. The number of sulfonamides is 1. The Labute approximate surface area is 114 Å².